The van der Waals surface area contributed by atoms with Crippen molar-refractivity contribution in [3.63, 3.8) is 0 Å². The zero-order valence-electron chi connectivity index (χ0n) is 76.6. The number of hydrazine groups is 4. The SMILES string of the molecule is CC1CCNN1c1cc(Cl)cc(Nc2ccc(/C=N/Nc3ncc(F)c(N4CCOCC4)n3)nc2)c1.Fc1cnc(N/N=C/c2ccc(Nc3cc(Cl)cc(N4CCCN4)c3)cn2)nc1N1CCOCC1.Fc1cnc(N/N=C/c2ccc(Nc3cccc(C4CCNNC4)c3)cn2)nc1N1CCOCC1.Fc1cnc(N/N=C/c2ccc(Nc3cccc(N4CCCN4)c3)cn2)nc1N1CCOCC1. The third kappa shape index (κ3) is 27.9. The number of rotatable bonds is 28. The van der Waals surface area contributed by atoms with Gasteiger partial charge in [-0.1, -0.05) is 41.4 Å². The summed E-state index contributed by atoms with van der Waals surface area (Å²) in [6.45, 7) is 17.9. The van der Waals surface area contributed by atoms with Crippen LogP contribution in [0.4, 0.5) is 127 Å². The molecule has 40 nitrogen and oxygen atoms in total. The molecule has 20 rings (SSSR count). The van der Waals surface area contributed by atoms with Crippen molar-refractivity contribution in [1.29, 1.82) is 0 Å². The number of morpholine rings is 4. The molecule has 0 bridgehead atoms. The second-order valence-electron chi connectivity index (χ2n) is 32.8. The molecule has 12 aromatic rings. The van der Waals surface area contributed by atoms with E-state index in [0.717, 1.165) is 159 Å². The molecule has 8 aromatic heterocycles. The molecule has 728 valence electrons. The van der Waals surface area contributed by atoms with Gasteiger partial charge in [0.05, 0.1) is 190 Å². The minimum atomic E-state index is -0.478. The van der Waals surface area contributed by atoms with Crippen LogP contribution in [-0.2, 0) is 18.9 Å². The lowest BCUT2D eigenvalue weighted by atomic mass is 9.94. The molecule has 0 spiro atoms. The molecule has 8 saturated heterocycles. The predicted octanol–water partition coefficient (Wildman–Crippen LogP) is 12.6. The van der Waals surface area contributed by atoms with Crippen LogP contribution in [0, 0.1) is 23.3 Å². The van der Waals surface area contributed by atoms with E-state index in [-0.39, 0.29) is 47.1 Å². The molecule has 16 heterocycles. The van der Waals surface area contributed by atoms with E-state index in [1.807, 2.05) is 123 Å². The Morgan fingerprint density at radius 2 is 0.714 bits per heavy atom. The van der Waals surface area contributed by atoms with Gasteiger partial charge in [-0.05, 0) is 159 Å². The summed E-state index contributed by atoms with van der Waals surface area (Å²) < 4.78 is 77.9. The van der Waals surface area contributed by atoms with Crippen LogP contribution in [-0.4, -0.2) is 242 Å². The van der Waals surface area contributed by atoms with Crippen LogP contribution >= 0.6 is 23.2 Å². The predicted molar refractivity (Wildman–Crippen MR) is 539 cm³/mol. The molecule has 2 unspecified atom stereocenters. The largest absolute Gasteiger partial charge is 0.378 e. The zero-order chi connectivity index (χ0) is 96.0. The van der Waals surface area contributed by atoms with Gasteiger partial charge in [0.15, 0.2) is 46.5 Å². The average Bonchev–Trinajstić information content (AvgIpc) is 1.77. The van der Waals surface area contributed by atoms with Crippen molar-refractivity contribution in [3.8, 4) is 0 Å². The number of pyridine rings is 4. The highest BCUT2D eigenvalue weighted by molar-refractivity contribution is 6.31. The molecule has 2 atom stereocenters. The van der Waals surface area contributed by atoms with Gasteiger partial charge in [0.2, 0.25) is 23.8 Å². The molecule has 0 saturated carbocycles. The van der Waals surface area contributed by atoms with E-state index >= 15 is 0 Å². The highest BCUT2D eigenvalue weighted by atomic mass is 35.5. The van der Waals surface area contributed by atoms with Crippen molar-refractivity contribution in [2.45, 2.75) is 44.6 Å². The Kier molecular flexibility index (Phi) is 34.1. The number of hydrazone groups is 4. The van der Waals surface area contributed by atoms with Crippen LogP contribution < -0.4 is 105 Å². The van der Waals surface area contributed by atoms with Crippen LogP contribution in [0.1, 0.15) is 66.9 Å². The summed E-state index contributed by atoms with van der Waals surface area (Å²) in [5.74, 6) is 0.393. The summed E-state index contributed by atoms with van der Waals surface area (Å²) in [6.07, 6.45) is 22.1. The van der Waals surface area contributed by atoms with Gasteiger partial charge in [-0.15, -0.1) is 0 Å². The van der Waals surface area contributed by atoms with Crippen molar-refractivity contribution in [2.75, 3.05) is 229 Å². The summed E-state index contributed by atoms with van der Waals surface area (Å²) in [4.78, 5) is 57.8. The van der Waals surface area contributed by atoms with E-state index in [1.54, 1.807) is 49.6 Å². The second kappa shape index (κ2) is 49.1. The van der Waals surface area contributed by atoms with E-state index < -0.39 is 23.3 Å². The third-order valence-corrected chi connectivity index (χ3v) is 23.3. The quantitative estimate of drug-likeness (QED) is 0.0123. The van der Waals surface area contributed by atoms with Crippen LogP contribution in [0.3, 0.4) is 0 Å². The second-order valence-corrected chi connectivity index (χ2v) is 33.7. The Hall–Kier alpha value is -14.6. The van der Waals surface area contributed by atoms with Crippen molar-refractivity contribution in [3.05, 3.63) is 245 Å². The highest BCUT2D eigenvalue weighted by Gasteiger charge is 2.26. The summed E-state index contributed by atoms with van der Waals surface area (Å²) in [6, 6.07) is 43.9. The fourth-order valence-electron chi connectivity index (χ4n) is 15.8. The number of aromatic nitrogens is 12. The molecule has 8 fully saturated rings. The molecule has 140 heavy (non-hydrogen) atoms. The molecule has 0 amide bonds. The van der Waals surface area contributed by atoms with Gasteiger partial charge in [-0.3, -0.25) is 30.8 Å². The maximum absolute atomic E-state index is 14.2. The Bertz CT molecular complexity index is 6160. The maximum Gasteiger partial charge on any atom is 0.245 e. The van der Waals surface area contributed by atoms with Crippen LogP contribution in [0.15, 0.2) is 203 Å². The molecule has 0 radical (unpaired) electrons. The first-order valence-electron chi connectivity index (χ1n) is 46.0. The van der Waals surface area contributed by atoms with E-state index in [1.165, 1.54) is 5.56 Å². The summed E-state index contributed by atoms with van der Waals surface area (Å²) in [7, 11) is 0. The Labute approximate surface area is 815 Å². The van der Waals surface area contributed by atoms with Crippen LogP contribution in [0.25, 0.3) is 0 Å². The molecule has 46 heteroatoms. The summed E-state index contributed by atoms with van der Waals surface area (Å²) >= 11 is 12.7. The Morgan fingerprint density at radius 1 is 0.350 bits per heavy atom. The molecule has 13 N–H and O–H groups in total. The minimum absolute atomic E-state index is 0.200. The van der Waals surface area contributed by atoms with Crippen molar-refractivity contribution >= 4 is 158 Å². The van der Waals surface area contributed by atoms with Gasteiger partial charge in [0.25, 0.3) is 0 Å². The van der Waals surface area contributed by atoms with Crippen molar-refractivity contribution < 1.29 is 36.5 Å². The number of nitrogens with one attached hydrogen (secondary N) is 13. The number of anilines is 19. The van der Waals surface area contributed by atoms with Gasteiger partial charge >= 0.3 is 0 Å². The molecular formula is C94H106Cl2F4N36O4. The van der Waals surface area contributed by atoms with Crippen LogP contribution in [0.5, 0.6) is 0 Å². The number of nitrogens with zero attached hydrogens (tertiary/aromatic N) is 23. The van der Waals surface area contributed by atoms with Gasteiger partial charge < -0.3 is 74.8 Å². The van der Waals surface area contributed by atoms with E-state index in [4.69, 9.17) is 42.1 Å². The normalized spacial score (nSPS) is 17.3. The lowest BCUT2D eigenvalue weighted by Gasteiger charge is -2.27. The first-order valence-corrected chi connectivity index (χ1v) is 46.7. The van der Waals surface area contributed by atoms with Gasteiger partial charge in [0, 0.05) is 137 Å². The molecular weight excluding hydrogens is 1840 g/mol. The molecule has 8 aliphatic rings. The van der Waals surface area contributed by atoms with E-state index in [2.05, 4.69) is 203 Å². The van der Waals surface area contributed by atoms with Gasteiger partial charge in [-0.25, -0.2) is 75.5 Å². The van der Waals surface area contributed by atoms with E-state index in [9.17, 15) is 17.6 Å². The Balaban J connectivity index is 0.000000129. The number of hydrogen-bond acceptors (Lipinski definition) is 40. The lowest BCUT2D eigenvalue weighted by molar-refractivity contribution is 0.122. The number of hydrogen-bond donors (Lipinski definition) is 13. The fourth-order valence-corrected chi connectivity index (χ4v) is 16.3. The highest BCUT2D eigenvalue weighted by Crippen LogP contribution is 2.34. The molecule has 0 aliphatic carbocycles. The number of halogens is 6. The minimum Gasteiger partial charge on any atom is -0.378 e. The van der Waals surface area contributed by atoms with Crippen molar-refractivity contribution in [2.24, 2.45) is 20.4 Å². The van der Waals surface area contributed by atoms with E-state index in [0.29, 0.717) is 150 Å². The average molecular weight is 1950 g/mol. The van der Waals surface area contributed by atoms with Gasteiger partial charge in [0.1, 0.15) is 0 Å². The maximum atomic E-state index is 14.2. The first kappa shape index (κ1) is 97.1. The summed E-state index contributed by atoms with van der Waals surface area (Å²) in [5.41, 5.74) is 41.6. The van der Waals surface area contributed by atoms with Gasteiger partial charge in [-0.2, -0.15) is 40.3 Å². The monoisotopic (exact) mass is 1950 g/mol. The number of ether oxygens (including phenoxy) is 4. The van der Waals surface area contributed by atoms with Crippen molar-refractivity contribution in [1.82, 2.24) is 86.9 Å². The fraction of sp³-hybridized carbons (Fsp3) is 0.319. The zero-order valence-corrected chi connectivity index (χ0v) is 78.1. The third-order valence-electron chi connectivity index (χ3n) is 22.9. The first-order chi connectivity index (χ1) is 68.7. The smallest absolute Gasteiger partial charge is 0.245 e. The number of benzene rings is 4. The topological polar surface area (TPSA) is 420 Å². The van der Waals surface area contributed by atoms with Crippen LogP contribution in [0.2, 0.25) is 10.0 Å². The Morgan fingerprint density at radius 3 is 1.07 bits per heavy atom. The molecule has 4 aromatic carbocycles. The lowest BCUT2D eigenvalue weighted by Crippen LogP contribution is -2.41. The summed E-state index contributed by atoms with van der Waals surface area (Å²) in [5, 5.41) is 37.7. The molecule has 8 aliphatic heterocycles. The standard InChI is InChI=1S/C24H27ClFN9O.C24H28FN9O.C23H25ClFN9O.C23H26FN9O/c1-16-4-5-30-35(16)21-11-17(25)10-20(12-21)31-19-3-2-18(27-13-19)14-29-33-24-28-15-22(26)23(32-24)34-6-8-36-9-7-34;25-22-16-27-24(32-23(22)34-8-10-35-11-9-34)33-30-15-20-4-5-21(14-26-20)31-19-3-1-2-17(12-19)18-6-7-28-29-13-18;24-16-10-19(12-20(11-16)34-5-1-4-29-34)30-18-3-2-17(26-13-18)14-28-32-23-27-15-21(25)22(31-23)33-6-8-35-9-7-33;24-21-16-26-23(30-22(21)32-9-11-34-12-10-32)31-27-15-18-5-6-19(14-25-18)29-17-3-1-4-20(13-17)33-8-2-7-28-33/h2-3,10-16,30-31H,4-9H2,1H3,(H,28,32,33);1-5,12,14-16,18,28-29,31H,6-11,13H2,(H,27,32,33);2-3,10-15,29-30H,1,4-9H2,(H,27,31,32);1,3-6,13-16,28-29H,2,7-12H2,(H,26,30,31)/b29-14+;30-15+;28-14+;27-15+.